The van der Waals surface area contributed by atoms with Gasteiger partial charge in [-0.25, -0.2) is 0 Å². The summed E-state index contributed by atoms with van der Waals surface area (Å²) in [5.74, 6) is -0.569. The van der Waals surface area contributed by atoms with Gasteiger partial charge in [-0.15, -0.1) is 0 Å². The molecular formula is C26H26N4O3S. The fraction of sp³-hybridized carbons (Fsp3) is 0.231. The Morgan fingerprint density at radius 1 is 1.09 bits per heavy atom. The number of thioether (sulfide) groups is 1. The van der Waals surface area contributed by atoms with E-state index in [0.717, 1.165) is 40.0 Å². The zero-order valence-corrected chi connectivity index (χ0v) is 20.2. The second kappa shape index (κ2) is 10.1. The second-order valence-electron chi connectivity index (χ2n) is 8.19. The average molecular weight is 475 g/mol. The molecule has 7 nitrogen and oxygen atoms in total. The van der Waals surface area contributed by atoms with Gasteiger partial charge in [0.05, 0.1) is 22.7 Å². The summed E-state index contributed by atoms with van der Waals surface area (Å²) in [6.07, 6.45) is 3.47. The summed E-state index contributed by atoms with van der Waals surface area (Å²) in [5.41, 5.74) is 5.27. The third-order valence-electron chi connectivity index (χ3n) is 5.73. The summed E-state index contributed by atoms with van der Waals surface area (Å²) in [6.45, 7) is 6.72. The van der Waals surface area contributed by atoms with E-state index in [9.17, 15) is 14.4 Å². The Morgan fingerprint density at radius 2 is 1.85 bits per heavy atom. The highest BCUT2D eigenvalue weighted by atomic mass is 32.2. The zero-order valence-electron chi connectivity index (χ0n) is 19.4. The molecule has 1 aromatic carbocycles. The molecule has 1 fully saturated rings. The van der Waals surface area contributed by atoms with Gasteiger partial charge in [-0.2, -0.15) is 0 Å². The van der Waals surface area contributed by atoms with Crippen molar-refractivity contribution in [2.24, 2.45) is 0 Å². The Bertz CT molecular complexity index is 1260. The molecule has 0 radical (unpaired) electrons. The lowest BCUT2D eigenvalue weighted by molar-refractivity contribution is -0.122. The SMILES string of the molecule is Cc1ccc(/C=C2\SC(=O)N(CCNC(=O)c3cc(C)n(Cc4ccccn4)c3C)C2=O)cc1. The minimum Gasteiger partial charge on any atom is -0.350 e. The van der Waals surface area contributed by atoms with Crippen LogP contribution in [0.1, 0.15) is 38.6 Å². The van der Waals surface area contributed by atoms with Crippen molar-refractivity contribution in [1.29, 1.82) is 0 Å². The molecule has 2 aromatic heterocycles. The van der Waals surface area contributed by atoms with Gasteiger partial charge in [-0.05, 0) is 62.4 Å². The van der Waals surface area contributed by atoms with Crippen molar-refractivity contribution in [2.45, 2.75) is 27.3 Å². The Hall–Kier alpha value is -3.65. The number of aromatic nitrogens is 2. The van der Waals surface area contributed by atoms with Crippen LogP contribution in [0.5, 0.6) is 0 Å². The molecule has 1 N–H and O–H groups in total. The molecule has 1 aliphatic heterocycles. The van der Waals surface area contributed by atoms with Crippen molar-refractivity contribution in [3.63, 3.8) is 0 Å². The van der Waals surface area contributed by atoms with Gasteiger partial charge < -0.3 is 9.88 Å². The number of hydrogen-bond donors (Lipinski definition) is 1. The number of benzene rings is 1. The number of nitrogens with zero attached hydrogens (tertiary/aromatic N) is 3. The predicted octanol–water partition coefficient (Wildman–Crippen LogP) is 4.32. The maximum absolute atomic E-state index is 12.8. The average Bonchev–Trinajstić information content (AvgIpc) is 3.25. The van der Waals surface area contributed by atoms with Crippen molar-refractivity contribution in [3.8, 4) is 0 Å². The second-order valence-corrected chi connectivity index (χ2v) is 9.19. The number of aryl methyl sites for hydroxylation is 2. The quantitative estimate of drug-likeness (QED) is 0.516. The van der Waals surface area contributed by atoms with Crippen molar-refractivity contribution in [3.05, 3.63) is 93.4 Å². The molecule has 0 bridgehead atoms. The van der Waals surface area contributed by atoms with Crippen LogP contribution in [0.2, 0.25) is 0 Å². The third kappa shape index (κ3) is 5.12. The van der Waals surface area contributed by atoms with Crippen LogP contribution in [0.15, 0.2) is 59.6 Å². The first kappa shape index (κ1) is 23.5. The molecule has 3 amide bonds. The summed E-state index contributed by atoms with van der Waals surface area (Å²) in [5, 5.41) is 2.51. The molecule has 1 aliphatic rings. The molecule has 4 rings (SSSR count). The van der Waals surface area contributed by atoms with Gasteiger partial charge in [0.15, 0.2) is 0 Å². The van der Waals surface area contributed by atoms with E-state index < -0.39 is 0 Å². The van der Waals surface area contributed by atoms with E-state index in [-0.39, 0.29) is 30.1 Å². The monoisotopic (exact) mass is 474 g/mol. The number of pyridine rings is 1. The maximum atomic E-state index is 12.8. The summed E-state index contributed by atoms with van der Waals surface area (Å²) in [6, 6.07) is 15.3. The molecule has 3 heterocycles. The lowest BCUT2D eigenvalue weighted by atomic mass is 10.1. The molecule has 0 spiro atoms. The maximum Gasteiger partial charge on any atom is 0.293 e. The Kier molecular flexibility index (Phi) is 6.98. The summed E-state index contributed by atoms with van der Waals surface area (Å²) in [7, 11) is 0. The van der Waals surface area contributed by atoms with Crippen LogP contribution < -0.4 is 5.32 Å². The Labute approximate surface area is 202 Å². The molecule has 0 unspecified atom stereocenters. The molecule has 8 heteroatoms. The molecular weight excluding hydrogens is 448 g/mol. The minimum atomic E-state index is -0.335. The fourth-order valence-electron chi connectivity index (χ4n) is 3.81. The lowest BCUT2D eigenvalue weighted by Gasteiger charge is -2.13. The molecule has 0 saturated carbocycles. The van der Waals surface area contributed by atoms with Crippen LogP contribution in [-0.2, 0) is 11.3 Å². The van der Waals surface area contributed by atoms with Gasteiger partial charge in [0.2, 0.25) is 0 Å². The van der Waals surface area contributed by atoms with E-state index in [1.165, 1.54) is 4.90 Å². The topological polar surface area (TPSA) is 84.3 Å². The van der Waals surface area contributed by atoms with Crippen molar-refractivity contribution < 1.29 is 14.4 Å². The van der Waals surface area contributed by atoms with Crippen LogP contribution in [0.25, 0.3) is 6.08 Å². The minimum absolute atomic E-state index is 0.119. The van der Waals surface area contributed by atoms with Crippen molar-refractivity contribution in [2.75, 3.05) is 13.1 Å². The fourth-order valence-corrected chi connectivity index (χ4v) is 4.68. The number of rotatable bonds is 7. The predicted molar refractivity (Wildman–Crippen MR) is 133 cm³/mol. The summed E-state index contributed by atoms with van der Waals surface area (Å²) >= 11 is 0.921. The summed E-state index contributed by atoms with van der Waals surface area (Å²) < 4.78 is 2.05. The van der Waals surface area contributed by atoms with Gasteiger partial charge >= 0.3 is 0 Å². The smallest absolute Gasteiger partial charge is 0.293 e. The largest absolute Gasteiger partial charge is 0.350 e. The number of carbonyl (C=O) groups excluding carboxylic acids is 3. The third-order valence-corrected chi connectivity index (χ3v) is 6.64. The van der Waals surface area contributed by atoms with Gasteiger partial charge in [0.25, 0.3) is 17.1 Å². The molecule has 174 valence electrons. The standard InChI is InChI=1S/C26H26N4O3S/c1-17-7-9-20(10-8-17)15-23-25(32)29(26(33)34-23)13-12-28-24(31)22-14-18(2)30(19(22)3)16-21-6-4-5-11-27-21/h4-11,14-15H,12-13,16H2,1-3H3,(H,28,31)/b23-15-. The first-order valence-corrected chi connectivity index (χ1v) is 11.8. The van der Waals surface area contributed by atoms with Crippen molar-refractivity contribution >= 4 is 34.9 Å². The number of carbonyl (C=O) groups is 3. The van der Waals surface area contributed by atoms with Gasteiger partial charge in [0, 0.05) is 30.7 Å². The van der Waals surface area contributed by atoms with E-state index in [1.807, 2.05) is 73.9 Å². The van der Waals surface area contributed by atoms with E-state index in [0.29, 0.717) is 17.0 Å². The lowest BCUT2D eigenvalue weighted by Crippen LogP contribution is -2.37. The van der Waals surface area contributed by atoms with Gasteiger partial charge in [-0.1, -0.05) is 35.9 Å². The van der Waals surface area contributed by atoms with E-state index in [4.69, 9.17) is 0 Å². The van der Waals surface area contributed by atoms with Crippen molar-refractivity contribution in [1.82, 2.24) is 19.8 Å². The number of hydrogen-bond acceptors (Lipinski definition) is 5. The normalized spacial score (nSPS) is 14.8. The van der Waals surface area contributed by atoms with E-state index in [1.54, 1.807) is 12.3 Å². The number of imide groups is 1. The van der Waals surface area contributed by atoms with Crippen LogP contribution in [0.4, 0.5) is 4.79 Å². The first-order valence-electron chi connectivity index (χ1n) is 11.0. The van der Waals surface area contributed by atoms with Gasteiger partial charge in [-0.3, -0.25) is 24.3 Å². The highest BCUT2D eigenvalue weighted by Crippen LogP contribution is 2.32. The molecule has 0 atom stereocenters. The van der Waals surface area contributed by atoms with Crippen LogP contribution in [0, 0.1) is 20.8 Å². The molecule has 3 aromatic rings. The Balaban J connectivity index is 1.37. The molecule has 0 aliphatic carbocycles. The van der Waals surface area contributed by atoms with E-state index in [2.05, 4.69) is 10.3 Å². The Morgan fingerprint density at radius 3 is 2.56 bits per heavy atom. The van der Waals surface area contributed by atoms with Crippen LogP contribution >= 0.6 is 11.8 Å². The van der Waals surface area contributed by atoms with E-state index >= 15 is 0 Å². The highest BCUT2D eigenvalue weighted by Gasteiger charge is 2.34. The molecule has 34 heavy (non-hydrogen) atoms. The van der Waals surface area contributed by atoms with Crippen LogP contribution in [-0.4, -0.2) is 44.6 Å². The zero-order chi connectivity index (χ0) is 24.2. The van der Waals surface area contributed by atoms with Crippen LogP contribution in [0.3, 0.4) is 0 Å². The van der Waals surface area contributed by atoms with Gasteiger partial charge in [0.1, 0.15) is 0 Å². The highest BCUT2D eigenvalue weighted by molar-refractivity contribution is 8.18. The number of amides is 3. The first-order chi connectivity index (χ1) is 16.3. The summed E-state index contributed by atoms with van der Waals surface area (Å²) in [4.78, 5) is 43.8. The molecule has 1 saturated heterocycles. The number of nitrogens with one attached hydrogen (secondary N) is 1.